The van der Waals surface area contributed by atoms with E-state index in [0.29, 0.717) is 6.61 Å². The molecule has 0 aromatic carbocycles. The van der Waals surface area contributed by atoms with Gasteiger partial charge in [-0.3, -0.25) is 4.79 Å². The molecule has 0 radical (unpaired) electrons. The quantitative estimate of drug-likeness (QED) is 0.616. The number of hydrogen-bond donors (Lipinski definition) is 0. The van der Waals surface area contributed by atoms with E-state index in [1.54, 1.807) is 6.26 Å². The lowest BCUT2D eigenvalue weighted by atomic mass is 9.97. The molecule has 0 aliphatic carbocycles. The maximum absolute atomic E-state index is 11.6. The van der Waals surface area contributed by atoms with Gasteiger partial charge in [0.25, 0.3) is 0 Å². The summed E-state index contributed by atoms with van der Waals surface area (Å²) >= 11 is 6.30. The van der Waals surface area contributed by atoms with Gasteiger partial charge in [-0.15, -0.1) is 11.6 Å². The van der Waals surface area contributed by atoms with Crippen molar-refractivity contribution < 1.29 is 13.9 Å². The Kier molecular flexibility index (Phi) is 5.28. The first-order valence-corrected chi connectivity index (χ1v) is 7.20. The van der Waals surface area contributed by atoms with Gasteiger partial charge >= 0.3 is 5.97 Å². The Hall–Kier alpha value is -1.00. The van der Waals surface area contributed by atoms with Crippen LogP contribution in [0.4, 0.5) is 0 Å². The topological polar surface area (TPSA) is 42.7 Å². The summed E-state index contributed by atoms with van der Waals surface area (Å²) in [6.45, 7) is 4.82. The second kappa shape index (κ2) is 6.96. The molecule has 2 rings (SSSR count). The van der Waals surface area contributed by atoms with E-state index < -0.39 is 0 Å². The minimum atomic E-state index is -0.130. The van der Waals surface area contributed by atoms with Crippen LogP contribution in [0.25, 0.3) is 0 Å². The van der Waals surface area contributed by atoms with Gasteiger partial charge in [0.15, 0.2) is 0 Å². The fraction of sp³-hybridized carbons (Fsp3) is 0.643. The highest BCUT2D eigenvalue weighted by Crippen LogP contribution is 2.25. The maximum Gasteiger partial charge on any atom is 0.309 e. The summed E-state index contributed by atoms with van der Waals surface area (Å²) in [5, 5.41) is -0.130. The Bertz CT molecular complexity index is 385. The summed E-state index contributed by atoms with van der Waals surface area (Å²) in [5.41, 5.74) is 0. The monoisotopic (exact) mass is 285 g/mol. The highest BCUT2D eigenvalue weighted by molar-refractivity contribution is 6.20. The molecule has 1 fully saturated rings. The molecule has 1 atom stereocenters. The first-order valence-electron chi connectivity index (χ1n) is 6.77. The predicted octanol–water partition coefficient (Wildman–Crippen LogP) is 2.83. The third-order valence-corrected chi connectivity index (χ3v) is 3.83. The van der Waals surface area contributed by atoms with E-state index in [2.05, 4.69) is 4.90 Å². The van der Waals surface area contributed by atoms with Gasteiger partial charge < -0.3 is 14.1 Å². The van der Waals surface area contributed by atoms with Crippen LogP contribution in [0.15, 0.2) is 22.8 Å². The molecule has 1 aromatic heterocycles. The fourth-order valence-corrected chi connectivity index (χ4v) is 2.72. The van der Waals surface area contributed by atoms with Gasteiger partial charge in [-0.1, -0.05) is 0 Å². The highest BCUT2D eigenvalue weighted by atomic mass is 35.5. The van der Waals surface area contributed by atoms with Crippen LogP contribution >= 0.6 is 11.6 Å². The van der Waals surface area contributed by atoms with Crippen LogP contribution in [0.5, 0.6) is 0 Å². The molecule has 0 saturated carbocycles. The highest BCUT2D eigenvalue weighted by Gasteiger charge is 2.27. The van der Waals surface area contributed by atoms with E-state index >= 15 is 0 Å². The first-order chi connectivity index (χ1) is 9.20. The molecule has 0 bridgehead atoms. The number of carbonyl (C=O) groups is 1. The number of hydrogen-bond acceptors (Lipinski definition) is 4. The van der Waals surface area contributed by atoms with Crippen LogP contribution < -0.4 is 0 Å². The minimum Gasteiger partial charge on any atom is -0.468 e. The smallest absolute Gasteiger partial charge is 0.309 e. The molecule has 1 aromatic rings. The van der Waals surface area contributed by atoms with Crippen LogP contribution in [0.1, 0.15) is 30.9 Å². The van der Waals surface area contributed by atoms with Crippen molar-refractivity contribution in [2.24, 2.45) is 5.92 Å². The Balaban J connectivity index is 1.76. The number of halogens is 1. The second-order valence-corrected chi connectivity index (χ2v) is 5.34. The molecular formula is C14H20ClNO3. The van der Waals surface area contributed by atoms with Gasteiger partial charge in [0.05, 0.1) is 18.8 Å². The second-order valence-electron chi connectivity index (χ2n) is 4.81. The van der Waals surface area contributed by atoms with E-state index in [-0.39, 0.29) is 17.3 Å². The molecule has 1 aliphatic rings. The molecule has 4 nitrogen and oxygen atoms in total. The number of ether oxygens (including phenoxy) is 1. The van der Waals surface area contributed by atoms with Gasteiger partial charge in [0, 0.05) is 6.54 Å². The van der Waals surface area contributed by atoms with Crippen LogP contribution in [0, 0.1) is 5.92 Å². The fourth-order valence-electron chi connectivity index (χ4n) is 2.40. The number of piperidine rings is 1. The van der Waals surface area contributed by atoms with Crippen molar-refractivity contribution in [3.63, 3.8) is 0 Å². The van der Waals surface area contributed by atoms with E-state index in [9.17, 15) is 4.79 Å². The SMILES string of the molecule is CCOC(=O)C1CCN(CC(Cl)c2ccco2)CC1. The first kappa shape index (κ1) is 14.4. The Morgan fingerprint density at radius 3 is 2.89 bits per heavy atom. The third kappa shape index (κ3) is 3.98. The largest absolute Gasteiger partial charge is 0.468 e. The van der Waals surface area contributed by atoms with Crippen molar-refractivity contribution in [2.45, 2.75) is 25.1 Å². The third-order valence-electron chi connectivity index (χ3n) is 3.48. The zero-order chi connectivity index (χ0) is 13.7. The summed E-state index contributed by atoms with van der Waals surface area (Å²) in [6, 6.07) is 3.74. The van der Waals surface area contributed by atoms with Crippen molar-refractivity contribution in [2.75, 3.05) is 26.2 Å². The van der Waals surface area contributed by atoms with Crippen LogP contribution in [0.3, 0.4) is 0 Å². The van der Waals surface area contributed by atoms with Gasteiger partial charge in [0.1, 0.15) is 11.1 Å². The van der Waals surface area contributed by atoms with E-state index in [0.717, 1.165) is 38.2 Å². The standard InChI is InChI=1S/C14H20ClNO3/c1-2-18-14(17)11-5-7-16(8-6-11)10-12(15)13-4-3-9-19-13/h3-4,9,11-12H,2,5-8,10H2,1H3. The molecule has 0 spiro atoms. The van der Waals surface area contributed by atoms with Gasteiger partial charge in [-0.05, 0) is 45.0 Å². The Morgan fingerprint density at radius 2 is 2.32 bits per heavy atom. The number of likely N-dealkylation sites (tertiary alicyclic amines) is 1. The average Bonchev–Trinajstić information content (AvgIpc) is 2.94. The lowest BCUT2D eigenvalue weighted by Gasteiger charge is -2.31. The van der Waals surface area contributed by atoms with Crippen LogP contribution in [-0.4, -0.2) is 37.1 Å². The molecule has 1 unspecified atom stereocenters. The Morgan fingerprint density at radius 1 is 1.58 bits per heavy atom. The van der Waals surface area contributed by atoms with Crippen LogP contribution in [-0.2, 0) is 9.53 Å². The zero-order valence-electron chi connectivity index (χ0n) is 11.2. The number of alkyl halides is 1. The van der Waals surface area contributed by atoms with Crippen molar-refractivity contribution in [1.82, 2.24) is 4.90 Å². The lowest BCUT2D eigenvalue weighted by Crippen LogP contribution is -2.38. The summed E-state index contributed by atoms with van der Waals surface area (Å²) < 4.78 is 10.4. The summed E-state index contributed by atoms with van der Waals surface area (Å²) in [6.07, 6.45) is 3.33. The van der Waals surface area contributed by atoms with Crippen molar-refractivity contribution >= 4 is 17.6 Å². The van der Waals surface area contributed by atoms with Gasteiger partial charge in [-0.2, -0.15) is 0 Å². The molecule has 2 heterocycles. The van der Waals surface area contributed by atoms with Gasteiger partial charge in [0.2, 0.25) is 0 Å². The van der Waals surface area contributed by atoms with Crippen molar-refractivity contribution in [1.29, 1.82) is 0 Å². The number of nitrogens with zero attached hydrogens (tertiary/aromatic N) is 1. The molecule has 106 valence electrons. The molecule has 1 aliphatic heterocycles. The normalized spacial score (nSPS) is 19.3. The van der Waals surface area contributed by atoms with Gasteiger partial charge in [-0.25, -0.2) is 0 Å². The molecule has 5 heteroatoms. The maximum atomic E-state index is 11.6. The molecular weight excluding hydrogens is 266 g/mol. The van der Waals surface area contributed by atoms with Crippen molar-refractivity contribution in [3.8, 4) is 0 Å². The van der Waals surface area contributed by atoms with E-state index in [4.69, 9.17) is 20.8 Å². The van der Waals surface area contributed by atoms with Crippen molar-refractivity contribution in [3.05, 3.63) is 24.2 Å². The summed E-state index contributed by atoms with van der Waals surface area (Å²) in [7, 11) is 0. The van der Waals surface area contributed by atoms with E-state index in [1.165, 1.54) is 0 Å². The number of furan rings is 1. The van der Waals surface area contributed by atoms with Crippen LogP contribution in [0.2, 0.25) is 0 Å². The summed E-state index contributed by atoms with van der Waals surface area (Å²) in [5.74, 6) is 0.790. The summed E-state index contributed by atoms with van der Waals surface area (Å²) in [4.78, 5) is 13.9. The average molecular weight is 286 g/mol. The molecule has 1 saturated heterocycles. The molecule has 19 heavy (non-hydrogen) atoms. The molecule has 0 amide bonds. The number of esters is 1. The minimum absolute atomic E-state index is 0.0496. The lowest BCUT2D eigenvalue weighted by molar-refractivity contribution is -0.149. The predicted molar refractivity (Wildman–Crippen MR) is 73.1 cm³/mol. The number of rotatable bonds is 5. The Labute approximate surface area is 118 Å². The number of carbonyl (C=O) groups excluding carboxylic acids is 1. The zero-order valence-corrected chi connectivity index (χ0v) is 11.9. The molecule has 0 N–H and O–H groups in total. The van der Waals surface area contributed by atoms with E-state index in [1.807, 2.05) is 19.1 Å².